The van der Waals surface area contributed by atoms with E-state index >= 15 is 0 Å². The summed E-state index contributed by atoms with van der Waals surface area (Å²) in [4.78, 5) is 14.2. The van der Waals surface area contributed by atoms with Gasteiger partial charge in [0, 0.05) is 18.8 Å². The fourth-order valence-electron chi connectivity index (χ4n) is 2.58. The van der Waals surface area contributed by atoms with Crippen molar-refractivity contribution in [2.24, 2.45) is 0 Å². The minimum Gasteiger partial charge on any atom is -0.399 e. The predicted octanol–water partition coefficient (Wildman–Crippen LogP) is 3.26. The summed E-state index contributed by atoms with van der Waals surface area (Å²) in [7, 11) is 0. The highest BCUT2D eigenvalue weighted by Crippen LogP contribution is 2.25. The van der Waals surface area contributed by atoms with E-state index in [1.807, 2.05) is 18.2 Å². The van der Waals surface area contributed by atoms with Crippen molar-refractivity contribution in [1.82, 2.24) is 4.90 Å². The average molecular weight is 305 g/mol. The summed E-state index contributed by atoms with van der Waals surface area (Å²) in [5.41, 5.74) is 9.05. The highest BCUT2D eigenvalue weighted by molar-refractivity contribution is 6.33. The molecule has 0 bridgehead atoms. The summed E-state index contributed by atoms with van der Waals surface area (Å²) >= 11 is 5.96. The molecule has 2 N–H and O–H groups in total. The summed E-state index contributed by atoms with van der Waals surface area (Å²) in [6, 6.07) is 9.58. The van der Waals surface area contributed by atoms with Gasteiger partial charge in [0.2, 0.25) is 0 Å². The Hall–Kier alpha value is -2.07. The Morgan fingerprint density at radius 2 is 2.00 bits per heavy atom. The molecule has 0 fully saturated rings. The second-order valence-corrected chi connectivity index (χ2v) is 5.54. The van der Waals surface area contributed by atoms with Crippen LogP contribution in [-0.2, 0) is 13.0 Å². The molecule has 0 aliphatic carbocycles. The molecular formula is C16H14ClFN2O. The van der Waals surface area contributed by atoms with Crippen LogP contribution in [0, 0.1) is 5.82 Å². The smallest absolute Gasteiger partial charge is 0.255 e. The molecule has 0 spiro atoms. The first kappa shape index (κ1) is 13.9. The van der Waals surface area contributed by atoms with E-state index in [1.54, 1.807) is 4.90 Å². The number of amides is 1. The molecule has 0 atom stereocenters. The number of hydrogen-bond acceptors (Lipinski definition) is 2. The van der Waals surface area contributed by atoms with E-state index in [-0.39, 0.29) is 10.9 Å². The predicted molar refractivity (Wildman–Crippen MR) is 80.7 cm³/mol. The Bertz CT molecular complexity index is 717. The lowest BCUT2D eigenvalue weighted by molar-refractivity contribution is 0.0735. The second-order valence-electron chi connectivity index (χ2n) is 5.13. The Morgan fingerprint density at radius 3 is 2.76 bits per heavy atom. The van der Waals surface area contributed by atoms with E-state index in [0.29, 0.717) is 24.3 Å². The van der Waals surface area contributed by atoms with E-state index in [0.717, 1.165) is 18.1 Å². The molecular weight excluding hydrogens is 291 g/mol. The van der Waals surface area contributed by atoms with Gasteiger partial charge in [0.25, 0.3) is 5.91 Å². The molecule has 1 heterocycles. The van der Waals surface area contributed by atoms with Gasteiger partial charge in [0.1, 0.15) is 5.82 Å². The molecule has 0 saturated carbocycles. The van der Waals surface area contributed by atoms with Gasteiger partial charge < -0.3 is 10.6 Å². The van der Waals surface area contributed by atoms with Gasteiger partial charge in [-0.2, -0.15) is 0 Å². The van der Waals surface area contributed by atoms with E-state index in [1.165, 1.54) is 17.7 Å². The van der Waals surface area contributed by atoms with E-state index in [9.17, 15) is 9.18 Å². The van der Waals surface area contributed by atoms with Crippen molar-refractivity contribution < 1.29 is 9.18 Å². The van der Waals surface area contributed by atoms with Gasteiger partial charge in [-0.15, -0.1) is 0 Å². The van der Waals surface area contributed by atoms with E-state index in [2.05, 4.69) is 0 Å². The minimum absolute atomic E-state index is 0.137. The fourth-order valence-corrected chi connectivity index (χ4v) is 2.83. The number of halogens is 2. The summed E-state index contributed by atoms with van der Waals surface area (Å²) in [5, 5.41) is 0.137. The number of anilines is 1. The highest BCUT2D eigenvalue weighted by Gasteiger charge is 2.23. The number of fused-ring (bicyclic) bond motifs is 1. The van der Waals surface area contributed by atoms with Crippen molar-refractivity contribution >= 4 is 23.2 Å². The molecule has 2 aromatic carbocycles. The standard InChI is InChI=1S/C16H14ClFN2O/c17-15-8-12(18)2-4-14(15)16(21)20-6-5-10-1-3-13(19)7-11(10)9-20/h1-4,7-8H,5-6,9,19H2. The van der Waals surface area contributed by atoms with E-state index in [4.69, 9.17) is 17.3 Å². The SMILES string of the molecule is Nc1ccc2c(c1)CN(C(=O)c1ccc(F)cc1Cl)CC2. The number of hydrogen-bond donors (Lipinski definition) is 1. The van der Waals surface area contributed by atoms with Gasteiger partial charge in [0.05, 0.1) is 10.6 Å². The van der Waals surface area contributed by atoms with Crippen LogP contribution in [0.5, 0.6) is 0 Å². The van der Waals surface area contributed by atoms with Gasteiger partial charge in [-0.1, -0.05) is 17.7 Å². The van der Waals surface area contributed by atoms with Crippen molar-refractivity contribution in [2.75, 3.05) is 12.3 Å². The van der Waals surface area contributed by atoms with Gasteiger partial charge >= 0.3 is 0 Å². The number of nitrogens with two attached hydrogens (primary N) is 1. The lowest BCUT2D eigenvalue weighted by Gasteiger charge is -2.29. The van der Waals surface area contributed by atoms with Gasteiger partial charge in [-0.05, 0) is 47.9 Å². The van der Waals surface area contributed by atoms with Crippen molar-refractivity contribution in [2.45, 2.75) is 13.0 Å². The fraction of sp³-hybridized carbons (Fsp3) is 0.188. The number of benzene rings is 2. The quantitative estimate of drug-likeness (QED) is 0.822. The maximum atomic E-state index is 13.1. The molecule has 108 valence electrons. The molecule has 5 heteroatoms. The van der Waals surface area contributed by atoms with Crippen molar-refractivity contribution in [3.63, 3.8) is 0 Å². The van der Waals surface area contributed by atoms with E-state index < -0.39 is 5.82 Å². The Labute approximate surface area is 127 Å². The number of rotatable bonds is 1. The van der Waals surface area contributed by atoms with Crippen molar-refractivity contribution in [3.05, 3.63) is 63.9 Å². The van der Waals surface area contributed by atoms with Crippen molar-refractivity contribution in [3.8, 4) is 0 Å². The summed E-state index contributed by atoms with van der Waals surface area (Å²) in [6.07, 6.45) is 0.778. The van der Waals surface area contributed by atoms with Crippen LogP contribution in [-0.4, -0.2) is 17.4 Å². The van der Waals surface area contributed by atoms with Crippen LogP contribution in [0.4, 0.5) is 10.1 Å². The zero-order valence-electron chi connectivity index (χ0n) is 11.3. The molecule has 3 nitrogen and oxygen atoms in total. The Morgan fingerprint density at radius 1 is 1.19 bits per heavy atom. The first-order valence-electron chi connectivity index (χ1n) is 6.66. The topological polar surface area (TPSA) is 46.3 Å². The van der Waals surface area contributed by atoms with Gasteiger partial charge in [-0.3, -0.25) is 4.79 Å². The third kappa shape index (κ3) is 2.72. The highest BCUT2D eigenvalue weighted by atomic mass is 35.5. The Kier molecular flexibility index (Phi) is 3.55. The second kappa shape index (κ2) is 5.37. The minimum atomic E-state index is -0.451. The lowest BCUT2D eigenvalue weighted by atomic mass is 9.98. The molecule has 0 radical (unpaired) electrons. The van der Waals surface area contributed by atoms with Gasteiger partial charge in [-0.25, -0.2) is 4.39 Å². The van der Waals surface area contributed by atoms with Crippen LogP contribution < -0.4 is 5.73 Å². The zero-order chi connectivity index (χ0) is 15.0. The number of nitrogens with zero attached hydrogens (tertiary/aromatic N) is 1. The van der Waals surface area contributed by atoms with Crippen LogP contribution >= 0.6 is 11.6 Å². The molecule has 1 aliphatic heterocycles. The summed E-state index contributed by atoms with van der Waals surface area (Å²) in [5.74, 6) is -0.638. The molecule has 3 rings (SSSR count). The Balaban J connectivity index is 1.87. The van der Waals surface area contributed by atoms with Crippen LogP contribution in [0.15, 0.2) is 36.4 Å². The molecule has 21 heavy (non-hydrogen) atoms. The third-order valence-corrected chi connectivity index (χ3v) is 4.00. The maximum absolute atomic E-state index is 13.1. The number of nitrogen functional groups attached to an aromatic ring is 1. The first-order chi connectivity index (χ1) is 10.0. The molecule has 0 saturated heterocycles. The van der Waals surface area contributed by atoms with Crippen molar-refractivity contribution in [1.29, 1.82) is 0 Å². The normalized spacial score (nSPS) is 13.9. The molecule has 1 amide bonds. The average Bonchev–Trinajstić information content (AvgIpc) is 2.46. The number of carbonyl (C=O) groups excluding carboxylic acids is 1. The van der Waals surface area contributed by atoms with Crippen LogP contribution in [0.3, 0.4) is 0 Å². The monoisotopic (exact) mass is 304 g/mol. The summed E-state index contributed by atoms with van der Waals surface area (Å²) in [6.45, 7) is 1.11. The number of carbonyl (C=O) groups is 1. The zero-order valence-corrected chi connectivity index (χ0v) is 12.0. The molecule has 2 aromatic rings. The molecule has 0 unspecified atom stereocenters. The van der Waals surface area contributed by atoms with Crippen LogP contribution in [0.25, 0.3) is 0 Å². The third-order valence-electron chi connectivity index (χ3n) is 3.69. The largest absolute Gasteiger partial charge is 0.399 e. The van der Waals surface area contributed by atoms with Crippen LogP contribution in [0.2, 0.25) is 5.02 Å². The lowest BCUT2D eigenvalue weighted by Crippen LogP contribution is -2.36. The maximum Gasteiger partial charge on any atom is 0.255 e. The van der Waals surface area contributed by atoms with Gasteiger partial charge in [0.15, 0.2) is 0 Å². The summed E-state index contributed by atoms with van der Waals surface area (Å²) < 4.78 is 13.1. The molecule has 1 aliphatic rings. The molecule has 0 aromatic heterocycles. The first-order valence-corrected chi connectivity index (χ1v) is 7.04. The van der Waals surface area contributed by atoms with Crippen LogP contribution in [0.1, 0.15) is 21.5 Å².